The number of carbonyl (C=O) groups excluding carboxylic acids is 1. The van der Waals surface area contributed by atoms with Crippen molar-refractivity contribution >= 4 is 5.97 Å². The lowest BCUT2D eigenvalue weighted by Crippen LogP contribution is -2.30. The summed E-state index contributed by atoms with van der Waals surface area (Å²) in [4.78, 5) is 17.5. The molecule has 0 spiro atoms. The summed E-state index contributed by atoms with van der Waals surface area (Å²) in [5.41, 5.74) is 7.43. The van der Waals surface area contributed by atoms with Gasteiger partial charge in [-0.15, -0.1) is 0 Å². The predicted octanol–water partition coefficient (Wildman–Crippen LogP) is -1.42. The van der Waals surface area contributed by atoms with Crippen molar-refractivity contribution in [2.24, 2.45) is 17.5 Å². The van der Waals surface area contributed by atoms with E-state index in [1.807, 2.05) is 5.59 Å². The molecule has 82 valence electrons. The summed E-state index contributed by atoms with van der Waals surface area (Å²) >= 11 is 0. The van der Waals surface area contributed by atoms with E-state index in [2.05, 4.69) is 9.74 Å². The van der Waals surface area contributed by atoms with E-state index in [-0.39, 0.29) is 5.97 Å². The average molecular weight is 202 g/mol. The van der Waals surface area contributed by atoms with Crippen LogP contribution in [0.15, 0.2) is 0 Å². The zero-order valence-electron chi connectivity index (χ0n) is 8.24. The molecule has 0 aromatic carbocycles. The van der Waals surface area contributed by atoms with Crippen LogP contribution < -0.4 is 17.2 Å². The van der Waals surface area contributed by atoms with E-state index in [0.29, 0.717) is 12.3 Å². The van der Waals surface area contributed by atoms with Crippen LogP contribution in [0.1, 0.15) is 12.8 Å². The summed E-state index contributed by atoms with van der Waals surface area (Å²) < 4.78 is 0. The third-order valence-corrected chi connectivity index (χ3v) is 2.51. The molecule has 0 aromatic rings. The lowest BCUT2D eigenvalue weighted by molar-refractivity contribution is -0.151. The molecule has 1 unspecified atom stereocenters. The van der Waals surface area contributed by atoms with Gasteiger partial charge in [-0.25, -0.2) is 5.84 Å². The number of carbonyl (C=O) groups is 1. The highest BCUT2D eigenvalue weighted by molar-refractivity contribution is 5.69. The number of hydrazine groups is 1. The molecule has 1 saturated heterocycles. The number of rotatable bonds is 5. The van der Waals surface area contributed by atoms with Gasteiger partial charge >= 0.3 is 5.97 Å². The first-order chi connectivity index (χ1) is 6.76. The van der Waals surface area contributed by atoms with E-state index < -0.39 is 0 Å². The number of nitrogens with two attached hydrogens (primary N) is 2. The van der Waals surface area contributed by atoms with Gasteiger partial charge < -0.3 is 15.5 Å². The second-order valence-corrected chi connectivity index (χ2v) is 3.53. The molecule has 1 heterocycles. The smallest absolute Gasteiger partial charge is 0.327 e. The van der Waals surface area contributed by atoms with Crippen LogP contribution in [0.2, 0.25) is 0 Å². The second-order valence-electron chi connectivity index (χ2n) is 3.53. The number of hydrogen-bond donors (Lipinski definition) is 3. The van der Waals surface area contributed by atoms with Gasteiger partial charge in [-0.2, -0.15) is 0 Å². The fraction of sp³-hybridized carbons (Fsp3) is 0.875. The lowest BCUT2D eigenvalue weighted by atomic mass is 10.1. The Morgan fingerprint density at radius 3 is 3.00 bits per heavy atom. The molecule has 0 saturated carbocycles. The van der Waals surface area contributed by atoms with Crippen LogP contribution in [0, 0.1) is 5.92 Å². The Bertz CT molecular complexity index is 188. The minimum atomic E-state index is -0.330. The third-order valence-electron chi connectivity index (χ3n) is 2.51. The van der Waals surface area contributed by atoms with Gasteiger partial charge in [-0.1, -0.05) is 5.59 Å². The van der Waals surface area contributed by atoms with E-state index >= 15 is 0 Å². The van der Waals surface area contributed by atoms with Crippen molar-refractivity contribution in [2.45, 2.75) is 12.8 Å². The Labute approximate surface area is 83.5 Å². The van der Waals surface area contributed by atoms with Gasteiger partial charge in [0, 0.05) is 13.1 Å². The molecule has 1 atom stereocenters. The monoisotopic (exact) mass is 202 g/mol. The highest BCUT2D eigenvalue weighted by Crippen LogP contribution is 2.14. The topological polar surface area (TPSA) is 93.6 Å². The van der Waals surface area contributed by atoms with E-state index in [4.69, 9.17) is 11.6 Å². The van der Waals surface area contributed by atoms with Crippen molar-refractivity contribution in [2.75, 3.05) is 26.2 Å². The fourth-order valence-corrected chi connectivity index (χ4v) is 1.67. The summed E-state index contributed by atoms with van der Waals surface area (Å²) in [6.45, 7) is 3.45. The first-order valence-corrected chi connectivity index (χ1v) is 4.84. The van der Waals surface area contributed by atoms with Crippen LogP contribution in [0.25, 0.3) is 0 Å². The van der Waals surface area contributed by atoms with Crippen molar-refractivity contribution in [3.63, 3.8) is 0 Å². The minimum Gasteiger partial charge on any atom is -0.356 e. The number of nitrogens with zero attached hydrogens (tertiary/aromatic N) is 1. The Hall–Kier alpha value is -0.690. The summed E-state index contributed by atoms with van der Waals surface area (Å²) in [6, 6.07) is 0. The van der Waals surface area contributed by atoms with Gasteiger partial charge in [-0.3, -0.25) is 4.79 Å². The predicted molar refractivity (Wildman–Crippen MR) is 51.6 cm³/mol. The first kappa shape index (κ1) is 11.4. The molecule has 0 aromatic heterocycles. The summed E-state index contributed by atoms with van der Waals surface area (Å²) in [6.07, 6.45) is 1.49. The van der Waals surface area contributed by atoms with Gasteiger partial charge in [0.2, 0.25) is 0 Å². The molecule has 1 aliphatic heterocycles. The molecule has 0 radical (unpaired) electrons. The highest BCUT2D eigenvalue weighted by Gasteiger charge is 2.21. The molecule has 5 N–H and O–H groups in total. The highest BCUT2D eigenvalue weighted by atomic mass is 16.7. The van der Waals surface area contributed by atoms with Crippen molar-refractivity contribution in [3.8, 4) is 0 Å². The van der Waals surface area contributed by atoms with Gasteiger partial charge in [0.25, 0.3) is 0 Å². The lowest BCUT2D eigenvalue weighted by Gasteiger charge is -2.14. The number of likely N-dealkylation sites (tertiary alicyclic amines) is 1. The van der Waals surface area contributed by atoms with Gasteiger partial charge in [0.15, 0.2) is 0 Å². The SMILES string of the molecule is NCC1CCN(CCC(=O)ONN)C1. The first-order valence-electron chi connectivity index (χ1n) is 4.84. The average Bonchev–Trinajstić information content (AvgIpc) is 2.63. The van der Waals surface area contributed by atoms with E-state index in [1.165, 1.54) is 0 Å². The van der Waals surface area contributed by atoms with E-state index in [0.717, 1.165) is 32.6 Å². The third kappa shape index (κ3) is 3.59. The van der Waals surface area contributed by atoms with Gasteiger partial charge in [0.1, 0.15) is 0 Å². The van der Waals surface area contributed by atoms with Crippen molar-refractivity contribution in [1.82, 2.24) is 10.5 Å². The Balaban J connectivity index is 2.11. The maximum absolute atomic E-state index is 10.9. The maximum Gasteiger partial charge on any atom is 0.327 e. The van der Waals surface area contributed by atoms with Crippen molar-refractivity contribution in [3.05, 3.63) is 0 Å². The number of nitrogens with one attached hydrogen (secondary N) is 1. The largest absolute Gasteiger partial charge is 0.356 e. The second kappa shape index (κ2) is 5.92. The molecule has 0 bridgehead atoms. The molecule has 6 nitrogen and oxygen atoms in total. The summed E-state index contributed by atoms with van der Waals surface area (Å²) in [5, 5.41) is 0. The molecule has 1 rings (SSSR count). The van der Waals surface area contributed by atoms with E-state index in [9.17, 15) is 4.79 Å². The van der Waals surface area contributed by atoms with Crippen LogP contribution >= 0.6 is 0 Å². The van der Waals surface area contributed by atoms with Crippen molar-refractivity contribution in [1.29, 1.82) is 0 Å². The van der Waals surface area contributed by atoms with Crippen LogP contribution in [0.3, 0.4) is 0 Å². The molecule has 1 aliphatic rings. The Kier molecular flexibility index (Phi) is 4.81. The summed E-state index contributed by atoms with van der Waals surface area (Å²) in [5.74, 6) is 5.09. The van der Waals surface area contributed by atoms with Crippen LogP contribution in [0.5, 0.6) is 0 Å². The molecule has 0 aliphatic carbocycles. The summed E-state index contributed by atoms with van der Waals surface area (Å²) in [7, 11) is 0. The normalized spacial score (nSPS) is 22.6. The molecule has 6 heteroatoms. The molecule has 1 fully saturated rings. The van der Waals surface area contributed by atoms with Gasteiger partial charge in [0.05, 0.1) is 6.42 Å². The number of hydrogen-bond acceptors (Lipinski definition) is 6. The Morgan fingerprint density at radius 2 is 2.43 bits per heavy atom. The maximum atomic E-state index is 10.9. The Morgan fingerprint density at radius 1 is 1.64 bits per heavy atom. The zero-order chi connectivity index (χ0) is 10.4. The zero-order valence-corrected chi connectivity index (χ0v) is 8.24. The quantitative estimate of drug-likeness (QED) is 0.374. The molecular weight excluding hydrogens is 184 g/mol. The fourth-order valence-electron chi connectivity index (χ4n) is 1.67. The molecule has 0 amide bonds. The van der Waals surface area contributed by atoms with Crippen LogP contribution in [0.4, 0.5) is 0 Å². The molecular formula is C8H18N4O2. The van der Waals surface area contributed by atoms with Crippen LogP contribution in [-0.4, -0.2) is 37.0 Å². The standard InChI is InChI=1S/C8H18N4O2/c9-5-7-1-3-12(6-7)4-2-8(13)14-11-10/h7,11H,1-6,9-10H2. The van der Waals surface area contributed by atoms with E-state index in [1.54, 1.807) is 0 Å². The van der Waals surface area contributed by atoms with Crippen LogP contribution in [-0.2, 0) is 9.63 Å². The van der Waals surface area contributed by atoms with Crippen molar-refractivity contribution < 1.29 is 9.63 Å². The van der Waals surface area contributed by atoms with Gasteiger partial charge in [-0.05, 0) is 25.4 Å². The minimum absolute atomic E-state index is 0.330. The molecule has 14 heavy (non-hydrogen) atoms.